The lowest BCUT2D eigenvalue weighted by molar-refractivity contribution is -0.178. The summed E-state index contributed by atoms with van der Waals surface area (Å²) in [5, 5.41) is 28.5. The number of aliphatic hydroxyl groups excluding tert-OH is 1. The average molecular weight is 612 g/mol. The summed E-state index contributed by atoms with van der Waals surface area (Å²) in [6, 6.07) is 1.27. The van der Waals surface area contributed by atoms with E-state index in [1.165, 1.54) is 38.1 Å². The Morgan fingerprint density at radius 1 is 1.00 bits per heavy atom. The highest BCUT2D eigenvalue weighted by Gasteiger charge is 2.43. The molecule has 0 bridgehead atoms. The molecule has 0 aromatic heterocycles. The molecule has 0 aliphatic carbocycles. The number of aliphatic hydroxyl groups is 1. The van der Waals surface area contributed by atoms with Crippen LogP contribution in [0.25, 0.3) is 0 Å². The average Bonchev–Trinajstić information content (AvgIpc) is 2.94. The number of hydrogen-bond donors (Lipinski definition) is 5. The van der Waals surface area contributed by atoms with E-state index in [1.54, 1.807) is 0 Å². The van der Waals surface area contributed by atoms with Gasteiger partial charge in [-0.3, -0.25) is 19.2 Å². The van der Waals surface area contributed by atoms with Crippen LogP contribution in [0.2, 0.25) is 0 Å². The zero-order chi connectivity index (χ0) is 31.6. The highest BCUT2D eigenvalue weighted by molar-refractivity contribution is 6.00. The van der Waals surface area contributed by atoms with Gasteiger partial charge < -0.3 is 35.6 Å². The minimum absolute atomic E-state index is 0.0637. The lowest BCUT2D eigenvalue weighted by Gasteiger charge is -2.37. The molecule has 43 heavy (non-hydrogen) atoms. The second kappa shape index (κ2) is 13.0. The number of hydrogen-bond acceptors (Lipinski definition) is 8. The van der Waals surface area contributed by atoms with E-state index in [9.17, 15) is 47.0 Å². The van der Waals surface area contributed by atoms with Crippen LogP contribution in [-0.4, -0.2) is 77.5 Å². The molecular formula is C28H29F4N3O8. The molecule has 5 N–H and O–H groups in total. The summed E-state index contributed by atoms with van der Waals surface area (Å²) < 4.78 is 66.7. The number of para-hydroxylation sites is 1. The number of rotatable bonds is 5. The molecule has 3 amide bonds. The summed E-state index contributed by atoms with van der Waals surface area (Å²) in [4.78, 5) is 52.8. The fraction of sp³-hybridized carbons (Fsp3) is 0.429. The summed E-state index contributed by atoms with van der Waals surface area (Å²) in [5.74, 6) is -14.0. The Balaban J connectivity index is 1.73. The lowest BCUT2D eigenvalue weighted by Crippen LogP contribution is -2.63. The Bertz CT molecular complexity index is 1420. The molecule has 0 saturated carbocycles. The van der Waals surface area contributed by atoms with Crippen LogP contribution < -0.4 is 16.0 Å². The van der Waals surface area contributed by atoms with Crippen LogP contribution >= 0.6 is 0 Å². The van der Waals surface area contributed by atoms with Crippen molar-refractivity contribution in [1.82, 2.24) is 16.0 Å². The van der Waals surface area contributed by atoms with E-state index < -0.39 is 107 Å². The number of amides is 3. The van der Waals surface area contributed by atoms with Crippen LogP contribution in [0.3, 0.4) is 0 Å². The zero-order valence-corrected chi connectivity index (χ0v) is 22.9. The Hall–Kier alpha value is -4.24. The van der Waals surface area contributed by atoms with Gasteiger partial charge in [-0.25, -0.2) is 17.6 Å². The minimum Gasteiger partial charge on any atom is -0.507 e. The Morgan fingerprint density at radius 3 is 2.30 bits per heavy atom. The molecule has 2 aromatic rings. The highest BCUT2D eigenvalue weighted by atomic mass is 19.2. The highest BCUT2D eigenvalue weighted by Crippen LogP contribution is 2.25. The molecular weight excluding hydrogens is 582 g/mol. The van der Waals surface area contributed by atoms with E-state index >= 15 is 0 Å². The summed E-state index contributed by atoms with van der Waals surface area (Å²) in [6.45, 7) is 2.66. The van der Waals surface area contributed by atoms with Crippen molar-refractivity contribution in [3.63, 3.8) is 0 Å². The molecule has 2 saturated heterocycles. The van der Waals surface area contributed by atoms with Gasteiger partial charge >= 0.3 is 5.97 Å². The number of nitrogens with one attached hydrogen (secondary N) is 3. The number of carbonyl (C=O) groups is 4. The third-order valence-electron chi connectivity index (χ3n) is 7.42. The summed E-state index contributed by atoms with van der Waals surface area (Å²) in [7, 11) is 0. The molecule has 2 heterocycles. The molecule has 0 spiro atoms. The molecule has 2 fully saturated rings. The maximum Gasteiger partial charge on any atom is 0.312 e. The maximum absolute atomic E-state index is 14.6. The van der Waals surface area contributed by atoms with E-state index in [0.29, 0.717) is 6.07 Å². The maximum atomic E-state index is 14.6. The van der Waals surface area contributed by atoms with Crippen LogP contribution in [0.15, 0.2) is 30.3 Å². The van der Waals surface area contributed by atoms with Gasteiger partial charge in [-0.1, -0.05) is 12.1 Å². The smallest absolute Gasteiger partial charge is 0.312 e. The van der Waals surface area contributed by atoms with Crippen LogP contribution in [-0.2, 0) is 30.3 Å². The fourth-order valence-corrected chi connectivity index (χ4v) is 4.74. The normalized spacial score (nSPS) is 27.1. The second-order valence-corrected chi connectivity index (χ2v) is 10.5. The lowest BCUT2D eigenvalue weighted by atomic mass is 9.91. The van der Waals surface area contributed by atoms with Gasteiger partial charge in [0.15, 0.2) is 29.4 Å². The summed E-state index contributed by atoms with van der Waals surface area (Å²) in [5.41, 5.74) is -0.989. The van der Waals surface area contributed by atoms with Gasteiger partial charge in [-0.2, -0.15) is 0 Å². The van der Waals surface area contributed by atoms with Gasteiger partial charge in [0.2, 0.25) is 5.91 Å². The molecule has 0 radical (unpaired) electrons. The monoisotopic (exact) mass is 611 g/mol. The minimum atomic E-state index is -2.12. The second-order valence-electron chi connectivity index (χ2n) is 10.5. The molecule has 6 atom stereocenters. The first-order valence-electron chi connectivity index (χ1n) is 13.3. The van der Waals surface area contributed by atoms with Crippen molar-refractivity contribution in [2.45, 2.75) is 50.6 Å². The third kappa shape index (κ3) is 6.72. The molecule has 232 valence electrons. The number of carbonyl (C=O) groups excluding carboxylic acids is 4. The van der Waals surface area contributed by atoms with E-state index in [0.717, 1.165) is 0 Å². The summed E-state index contributed by atoms with van der Waals surface area (Å²) in [6.07, 6.45) is -4.13. The quantitative estimate of drug-likeness (QED) is 0.144. The number of phenols is 1. The number of ether oxygens (including phenoxy) is 2. The van der Waals surface area contributed by atoms with Crippen LogP contribution in [0, 0.1) is 35.1 Å². The SMILES string of the molecule is C[C@H]1NC(=O)C(C2COC2)OC(=O)[C@H](C)[C@H](O)[C@H](Cc2cc(F)c(F)c(F)c2F)NC(=O)[C@H]1NC(=O)c1ccccc1O. The first-order valence-corrected chi connectivity index (χ1v) is 13.3. The van der Waals surface area contributed by atoms with Crippen molar-refractivity contribution in [3.8, 4) is 5.75 Å². The molecule has 2 aromatic carbocycles. The van der Waals surface area contributed by atoms with Crippen molar-refractivity contribution < 1.29 is 56.4 Å². The number of aromatic hydroxyl groups is 1. The Labute approximate surface area is 242 Å². The molecule has 15 heteroatoms. The first kappa shape index (κ1) is 31.7. The predicted octanol–water partition coefficient (Wildman–Crippen LogP) is 0.848. The largest absolute Gasteiger partial charge is 0.507 e. The Kier molecular flexibility index (Phi) is 9.55. The van der Waals surface area contributed by atoms with Gasteiger partial charge in [0.25, 0.3) is 11.8 Å². The molecule has 1 unspecified atom stereocenters. The fourth-order valence-electron chi connectivity index (χ4n) is 4.74. The number of benzene rings is 2. The van der Waals surface area contributed by atoms with Crippen LogP contribution in [0.5, 0.6) is 5.75 Å². The molecule has 2 aliphatic rings. The van der Waals surface area contributed by atoms with Crippen molar-refractivity contribution in [1.29, 1.82) is 0 Å². The topological polar surface area (TPSA) is 163 Å². The predicted molar refractivity (Wildman–Crippen MR) is 138 cm³/mol. The van der Waals surface area contributed by atoms with Gasteiger partial charge in [0.1, 0.15) is 11.8 Å². The Morgan fingerprint density at radius 2 is 1.67 bits per heavy atom. The van der Waals surface area contributed by atoms with Gasteiger partial charge in [0.05, 0.1) is 48.8 Å². The van der Waals surface area contributed by atoms with E-state index in [1.807, 2.05) is 0 Å². The molecule has 4 rings (SSSR count). The van der Waals surface area contributed by atoms with E-state index in [2.05, 4.69) is 16.0 Å². The van der Waals surface area contributed by atoms with Crippen molar-refractivity contribution >= 4 is 23.7 Å². The summed E-state index contributed by atoms with van der Waals surface area (Å²) >= 11 is 0. The van der Waals surface area contributed by atoms with Crippen molar-refractivity contribution in [3.05, 3.63) is 64.7 Å². The van der Waals surface area contributed by atoms with E-state index in [-0.39, 0.29) is 18.8 Å². The van der Waals surface area contributed by atoms with Crippen molar-refractivity contribution in [2.24, 2.45) is 11.8 Å². The number of esters is 1. The van der Waals surface area contributed by atoms with Crippen LogP contribution in [0.4, 0.5) is 17.6 Å². The first-order chi connectivity index (χ1) is 20.3. The molecule has 11 nitrogen and oxygen atoms in total. The zero-order valence-electron chi connectivity index (χ0n) is 22.9. The third-order valence-corrected chi connectivity index (χ3v) is 7.42. The molecule has 2 aliphatic heterocycles. The van der Waals surface area contributed by atoms with E-state index in [4.69, 9.17) is 9.47 Å². The number of phenolic OH excluding ortho intramolecular Hbond substituents is 1. The van der Waals surface area contributed by atoms with Crippen LogP contribution in [0.1, 0.15) is 29.8 Å². The van der Waals surface area contributed by atoms with Gasteiger partial charge in [-0.15, -0.1) is 0 Å². The standard InChI is InChI=1S/C28H29F4N3O8/c1-11-23(37)17(8-13-7-16(29)20(31)21(32)19(13)30)34-26(39)22(35-25(38)15-5-3-4-6-18(15)36)12(2)33-27(40)24(43-28(11)41)14-9-42-10-14/h3-7,11-12,14,17,22-24,36-37H,8-10H2,1-2H3,(H,33,40)(H,34,39)(H,35,38)/t11-,12-,17+,22+,23+,24?/m1/s1. The van der Waals surface area contributed by atoms with Gasteiger partial charge in [0, 0.05) is 0 Å². The number of cyclic esters (lactones) is 1. The number of halogens is 4. The van der Waals surface area contributed by atoms with Gasteiger partial charge in [-0.05, 0) is 44.0 Å². The van der Waals surface area contributed by atoms with Crippen molar-refractivity contribution in [2.75, 3.05) is 13.2 Å².